The minimum absolute atomic E-state index is 0.0135. The maximum Gasteiger partial charge on any atom is 0.166 e. The normalized spacial score (nSPS) is 21.3. The fourth-order valence-electron chi connectivity index (χ4n) is 4.27. The van der Waals surface area contributed by atoms with Crippen LogP contribution in [0.1, 0.15) is 63.4 Å². The van der Waals surface area contributed by atoms with Crippen molar-refractivity contribution in [1.29, 1.82) is 0 Å². The fourth-order valence-corrected chi connectivity index (χ4v) is 5.00. The molecule has 0 unspecified atom stereocenters. The van der Waals surface area contributed by atoms with E-state index >= 15 is 0 Å². The molecule has 1 aromatic carbocycles. The van der Waals surface area contributed by atoms with Gasteiger partial charge in [0.1, 0.15) is 0 Å². The number of nitrogens with two attached hydrogens (primary N) is 1. The molecule has 2 aliphatic carbocycles. The third kappa shape index (κ3) is 3.39. The molecule has 0 heterocycles. The van der Waals surface area contributed by atoms with Crippen LogP contribution in [0.25, 0.3) is 0 Å². The number of methoxy groups -OCH3 is 1. The summed E-state index contributed by atoms with van der Waals surface area (Å²) >= 11 is 3.78. The zero-order chi connectivity index (χ0) is 16.3. The Hall–Kier alpha value is -0.740. The molecule has 2 saturated carbocycles. The molecule has 23 heavy (non-hydrogen) atoms. The zero-order valence-corrected chi connectivity index (χ0v) is 15.7. The van der Waals surface area contributed by atoms with Crippen LogP contribution in [-0.2, 0) is 5.41 Å². The van der Waals surface area contributed by atoms with E-state index in [0.717, 1.165) is 41.7 Å². The standard InChI is InChI=1S/C19H28BrNO2/c1-22-16-10-9-15(20)17(18(16)23-14-7-3-4-8-14)19(13-21)11-5-2-6-12-19/h9-10,14H,2-8,11-13,21H2,1H3. The maximum atomic E-state index is 6.48. The number of benzene rings is 1. The second kappa shape index (κ2) is 7.43. The molecule has 4 heteroatoms. The molecular weight excluding hydrogens is 354 g/mol. The molecule has 2 N–H and O–H groups in total. The second-order valence-corrected chi connectivity index (χ2v) is 7.88. The molecule has 0 atom stereocenters. The predicted octanol–water partition coefficient (Wildman–Crippen LogP) is 4.94. The number of halogens is 1. The van der Waals surface area contributed by atoms with Crippen LogP contribution >= 0.6 is 15.9 Å². The molecule has 2 fully saturated rings. The molecule has 0 bridgehead atoms. The summed E-state index contributed by atoms with van der Waals surface area (Å²) in [7, 11) is 1.73. The lowest BCUT2D eigenvalue weighted by Gasteiger charge is -2.39. The van der Waals surface area contributed by atoms with Crippen LogP contribution in [0.5, 0.6) is 11.5 Å². The van der Waals surface area contributed by atoms with Crippen LogP contribution in [0.3, 0.4) is 0 Å². The Morgan fingerprint density at radius 3 is 2.43 bits per heavy atom. The highest BCUT2D eigenvalue weighted by Crippen LogP contribution is 2.49. The van der Waals surface area contributed by atoms with Crippen LogP contribution in [0, 0.1) is 0 Å². The Balaban J connectivity index is 2.05. The lowest BCUT2D eigenvalue weighted by atomic mass is 9.69. The molecule has 0 aliphatic heterocycles. The molecule has 0 aromatic heterocycles. The number of rotatable bonds is 5. The molecule has 0 spiro atoms. The van der Waals surface area contributed by atoms with Crippen molar-refractivity contribution >= 4 is 15.9 Å². The van der Waals surface area contributed by atoms with Crippen molar-refractivity contribution in [2.45, 2.75) is 69.3 Å². The van der Waals surface area contributed by atoms with Crippen molar-refractivity contribution in [1.82, 2.24) is 0 Å². The third-order valence-corrected chi connectivity index (χ3v) is 6.27. The van der Waals surface area contributed by atoms with E-state index in [4.69, 9.17) is 15.2 Å². The number of ether oxygens (including phenoxy) is 2. The zero-order valence-electron chi connectivity index (χ0n) is 14.1. The largest absolute Gasteiger partial charge is 0.493 e. The smallest absolute Gasteiger partial charge is 0.166 e. The van der Waals surface area contributed by atoms with E-state index in [2.05, 4.69) is 22.0 Å². The summed E-state index contributed by atoms with van der Waals surface area (Å²) in [5.74, 6) is 1.77. The average Bonchev–Trinajstić information content (AvgIpc) is 3.09. The quantitative estimate of drug-likeness (QED) is 0.785. The van der Waals surface area contributed by atoms with Crippen molar-refractivity contribution in [3.05, 3.63) is 22.2 Å². The van der Waals surface area contributed by atoms with Crippen LogP contribution in [0.15, 0.2) is 16.6 Å². The van der Waals surface area contributed by atoms with Gasteiger partial charge >= 0.3 is 0 Å². The monoisotopic (exact) mass is 381 g/mol. The average molecular weight is 382 g/mol. The van der Waals surface area contributed by atoms with Crippen molar-refractivity contribution in [2.75, 3.05) is 13.7 Å². The van der Waals surface area contributed by atoms with Crippen molar-refractivity contribution in [3.63, 3.8) is 0 Å². The Bertz CT molecular complexity index is 534. The third-order valence-electron chi connectivity index (χ3n) is 5.61. The molecule has 0 saturated heterocycles. The van der Waals surface area contributed by atoms with Gasteiger partial charge in [-0.25, -0.2) is 0 Å². The first kappa shape index (κ1) is 17.1. The van der Waals surface area contributed by atoms with Gasteiger partial charge in [0.25, 0.3) is 0 Å². The van der Waals surface area contributed by atoms with Crippen LogP contribution < -0.4 is 15.2 Å². The minimum atomic E-state index is 0.0135. The van der Waals surface area contributed by atoms with E-state index in [9.17, 15) is 0 Å². The highest BCUT2D eigenvalue weighted by atomic mass is 79.9. The van der Waals surface area contributed by atoms with Crippen molar-refractivity contribution < 1.29 is 9.47 Å². The summed E-state index contributed by atoms with van der Waals surface area (Å²) in [6, 6.07) is 4.09. The summed E-state index contributed by atoms with van der Waals surface area (Å²) in [5.41, 5.74) is 7.55. The van der Waals surface area contributed by atoms with Gasteiger partial charge in [-0.15, -0.1) is 0 Å². The molecular formula is C19H28BrNO2. The van der Waals surface area contributed by atoms with E-state index in [1.54, 1.807) is 7.11 Å². The van der Waals surface area contributed by atoms with Gasteiger partial charge < -0.3 is 15.2 Å². The highest BCUT2D eigenvalue weighted by Gasteiger charge is 2.38. The van der Waals surface area contributed by atoms with Gasteiger partial charge in [-0.05, 0) is 50.7 Å². The second-order valence-electron chi connectivity index (χ2n) is 7.02. The van der Waals surface area contributed by atoms with Crippen molar-refractivity contribution in [2.24, 2.45) is 5.73 Å². The Labute approximate surface area is 148 Å². The molecule has 0 radical (unpaired) electrons. The van der Waals surface area contributed by atoms with Gasteiger partial charge in [-0.1, -0.05) is 35.2 Å². The first-order valence-electron chi connectivity index (χ1n) is 8.94. The fraction of sp³-hybridized carbons (Fsp3) is 0.684. The van der Waals surface area contributed by atoms with E-state index in [-0.39, 0.29) is 5.41 Å². The van der Waals surface area contributed by atoms with E-state index in [1.807, 2.05) is 6.07 Å². The van der Waals surface area contributed by atoms with Crippen LogP contribution in [0.2, 0.25) is 0 Å². The Kier molecular flexibility index (Phi) is 5.53. The first-order chi connectivity index (χ1) is 11.2. The van der Waals surface area contributed by atoms with Gasteiger partial charge in [0, 0.05) is 22.0 Å². The highest BCUT2D eigenvalue weighted by molar-refractivity contribution is 9.10. The number of hydrogen-bond donors (Lipinski definition) is 1. The van der Waals surface area contributed by atoms with Gasteiger partial charge in [-0.2, -0.15) is 0 Å². The molecule has 3 rings (SSSR count). The summed E-state index contributed by atoms with van der Waals surface area (Å²) < 4.78 is 13.2. The van der Waals surface area contributed by atoms with Crippen LogP contribution in [-0.4, -0.2) is 19.8 Å². The van der Waals surface area contributed by atoms with Gasteiger partial charge in [0.2, 0.25) is 0 Å². The van der Waals surface area contributed by atoms with Gasteiger partial charge in [0.05, 0.1) is 13.2 Å². The van der Waals surface area contributed by atoms with Crippen LogP contribution in [0.4, 0.5) is 0 Å². The first-order valence-corrected chi connectivity index (χ1v) is 9.73. The van der Waals surface area contributed by atoms with E-state index in [1.165, 1.54) is 37.7 Å². The molecule has 128 valence electrons. The summed E-state index contributed by atoms with van der Waals surface area (Å²) in [4.78, 5) is 0. The van der Waals surface area contributed by atoms with E-state index in [0.29, 0.717) is 12.6 Å². The molecule has 2 aliphatic rings. The van der Waals surface area contributed by atoms with Gasteiger partial charge in [-0.3, -0.25) is 0 Å². The van der Waals surface area contributed by atoms with Crippen molar-refractivity contribution in [3.8, 4) is 11.5 Å². The Morgan fingerprint density at radius 2 is 1.83 bits per heavy atom. The van der Waals surface area contributed by atoms with E-state index < -0.39 is 0 Å². The minimum Gasteiger partial charge on any atom is -0.493 e. The SMILES string of the molecule is COc1ccc(Br)c(C2(CN)CCCCC2)c1OC1CCCC1. The summed E-state index contributed by atoms with van der Waals surface area (Å²) in [5, 5.41) is 0. The molecule has 1 aromatic rings. The number of hydrogen-bond acceptors (Lipinski definition) is 3. The topological polar surface area (TPSA) is 44.5 Å². The summed E-state index contributed by atoms with van der Waals surface area (Å²) in [6.45, 7) is 0.666. The Morgan fingerprint density at radius 1 is 1.13 bits per heavy atom. The summed E-state index contributed by atoms with van der Waals surface area (Å²) in [6.07, 6.45) is 11.2. The molecule has 0 amide bonds. The maximum absolute atomic E-state index is 6.48. The lowest BCUT2D eigenvalue weighted by molar-refractivity contribution is 0.189. The lowest BCUT2D eigenvalue weighted by Crippen LogP contribution is -2.38. The molecule has 3 nitrogen and oxygen atoms in total. The van der Waals surface area contributed by atoms with Gasteiger partial charge in [0.15, 0.2) is 11.5 Å². The predicted molar refractivity (Wildman–Crippen MR) is 97.4 cm³/mol.